The number of nitrogens with one attached hydrogen (secondary N) is 1. The van der Waals surface area contributed by atoms with Crippen LogP contribution < -0.4 is 14.4 Å². The standard InChI is InChI=1S/C26H25N3O4S/c1-19(25-9-5-6-16-27-25)28-26(30)18-33-23-13-11-22(12-14-23)29(2)34(31,32)24-15-10-20-7-3-4-8-21(20)17-24/h3-17,19H,18H2,1-2H3,(H,28,30)/t19-/m0/s1. The molecule has 8 heteroatoms. The van der Waals surface area contributed by atoms with Gasteiger partial charge < -0.3 is 10.1 Å². The van der Waals surface area contributed by atoms with Gasteiger partial charge in [-0.1, -0.05) is 36.4 Å². The predicted octanol–water partition coefficient (Wildman–Crippen LogP) is 4.32. The number of sulfonamides is 1. The molecule has 1 heterocycles. The summed E-state index contributed by atoms with van der Waals surface area (Å²) in [6.45, 7) is 1.68. The Hall–Kier alpha value is -3.91. The summed E-state index contributed by atoms with van der Waals surface area (Å²) in [5, 5.41) is 4.67. The van der Waals surface area contributed by atoms with Gasteiger partial charge in [-0.3, -0.25) is 14.1 Å². The van der Waals surface area contributed by atoms with Crippen LogP contribution in [-0.4, -0.2) is 33.0 Å². The number of benzene rings is 3. The lowest BCUT2D eigenvalue weighted by molar-refractivity contribution is -0.123. The van der Waals surface area contributed by atoms with Crippen molar-refractivity contribution in [3.63, 3.8) is 0 Å². The third kappa shape index (κ3) is 5.18. The monoisotopic (exact) mass is 475 g/mol. The Kier molecular flexibility index (Phi) is 6.79. The molecule has 1 amide bonds. The first-order chi connectivity index (χ1) is 16.3. The minimum atomic E-state index is -3.74. The van der Waals surface area contributed by atoms with Crippen LogP contribution in [-0.2, 0) is 14.8 Å². The first-order valence-electron chi connectivity index (χ1n) is 10.8. The maximum Gasteiger partial charge on any atom is 0.264 e. The smallest absolute Gasteiger partial charge is 0.264 e. The lowest BCUT2D eigenvalue weighted by atomic mass is 10.1. The van der Waals surface area contributed by atoms with Gasteiger partial charge in [-0.25, -0.2) is 8.42 Å². The number of fused-ring (bicyclic) bond motifs is 1. The molecule has 7 nitrogen and oxygen atoms in total. The van der Waals surface area contributed by atoms with Gasteiger partial charge in [-0.05, 0) is 66.2 Å². The van der Waals surface area contributed by atoms with Crippen LogP contribution >= 0.6 is 0 Å². The van der Waals surface area contributed by atoms with Crippen LogP contribution in [0.25, 0.3) is 10.8 Å². The van der Waals surface area contributed by atoms with Crippen molar-refractivity contribution >= 4 is 32.4 Å². The lowest BCUT2D eigenvalue weighted by Crippen LogP contribution is -2.31. The van der Waals surface area contributed by atoms with Crippen LogP contribution in [0.15, 0.2) is 96.0 Å². The van der Waals surface area contributed by atoms with Gasteiger partial charge >= 0.3 is 0 Å². The fourth-order valence-corrected chi connectivity index (χ4v) is 4.75. The van der Waals surface area contributed by atoms with E-state index in [0.717, 1.165) is 16.5 Å². The quantitative estimate of drug-likeness (QED) is 0.410. The second-order valence-electron chi connectivity index (χ2n) is 7.81. The molecule has 0 aliphatic rings. The van der Waals surface area contributed by atoms with E-state index in [1.54, 1.807) is 48.7 Å². The van der Waals surface area contributed by atoms with Crippen molar-refractivity contribution in [1.82, 2.24) is 10.3 Å². The molecule has 0 saturated carbocycles. The Morgan fingerprint density at radius 2 is 1.68 bits per heavy atom. The second kappa shape index (κ2) is 9.93. The van der Waals surface area contributed by atoms with E-state index in [-0.39, 0.29) is 23.5 Å². The van der Waals surface area contributed by atoms with Crippen LogP contribution in [0.1, 0.15) is 18.7 Å². The van der Waals surface area contributed by atoms with E-state index in [4.69, 9.17) is 4.74 Å². The highest BCUT2D eigenvalue weighted by Crippen LogP contribution is 2.26. The maximum atomic E-state index is 13.1. The van der Waals surface area contributed by atoms with Gasteiger partial charge in [0.05, 0.1) is 22.3 Å². The molecule has 1 atom stereocenters. The fraction of sp³-hybridized carbons (Fsp3) is 0.154. The van der Waals surface area contributed by atoms with Crippen LogP contribution in [0.4, 0.5) is 5.69 Å². The molecule has 0 fully saturated rings. The molecule has 34 heavy (non-hydrogen) atoms. The summed E-state index contributed by atoms with van der Waals surface area (Å²) in [6, 6.07) is 24.5. The van der Waals surface area contributed by atoms with E-state index in [1.165, 1.54) is 11.4 Å². The summed E-state index contributed by atoms with van der Waals surface area (Å²) in [6.07, 6.45) is 1.67. The van der Waals surface area contributed by atoms with Crippen LogP contribution in [0.3, 0.4) is 0 Å². The minimum Gasteiger partial charge on any atom is -0.484 e. The number of carbonyl (C=O) groups is 1. The maximum absolute atomic E-state index is 13.1. The number of hydrogen-bond acceptors (Lipinski definition) is 5. The van der Waals surface area contributed by atoms with Gasteiger partial charge in [0.1, 0.15) is 5.75 Å². The Balaban J connectivity index is 1.38. The van der Waals surface area contributed by atoms with Crippen molar-refractivity contribution in [2.45, 2.75) is 17.9 Å². The van der Waals surface area contributed by atoms with Crippen molar-refractivity contribution in [1.29, 1.82) is 0 Å². The van der Waals surface area contributed by atoms with Gasteiger partial charge in [-0.2, -0.15) is 0 Å². The van der Waals surface area contributed by atoms with Gasteiger partial charge in [0, 0.05) is 13.2 Å². The zero-order valence-corrected chi connectivity index (χ0v) is 19.7. The Morgan fingerprint density at radius 1 is 0.971 bits per heavy atom. The number of nitrogens with zero attached hydrogens (tertiary/aromatic N) is 2. The molecule has 4 rings (SSSR count). The first-order valence-corrected chi connectivity index (χ1v) is 12.2. The molecular formula is C26H25N3O4S. The highest BCUT2D eigenvalue weighted by atomic mass is 32.2. The highest BCUT2D eigenvalue weighted by molar-refractivity contribution is 7.92. The van der Waals surface area contributed by atoms with E-state index < -0.39 is 10.0 Å². The summed E-state index contributed by atoms with van der Waals surface area (Å²) >= 11 is 0. The van der Waals surface area contributed by atoms with Crippen LogP contribution in [0.2, 0.25) is 0 Å². The molecule has 0 saturated heterocycles. The summed E-state index contributed by atoms with van der Waals surface area (Å²) < 4.78 is 33.0. The molecular weight excluding hydrogens is 450 g/mol. The SMILES string of the molecule is C[C@H](NC(=O)COc1ccc(N(C)S(=O)(=O)c2ccc3ccccc3c2)cc1)c1ccccn1. The van der Waals surface area contributed by atoms with E-state index in [9.17, 15) is 13.2 Å². The molecule has 174 valence electrons. The third-order valence-corrected chi connectivity index (χ3v) is 7.24. The average molecular weight is 476 g/mol. The van der Waals surface area contributed by atoms with Crippen molar-refractivity contribution in [3.8, 4) is 5.75 Å². The summed E-state index contributed by atoms with van der Waals surface area (Å²) in [5.41, 5.74) is 1.24. The first kappa shape index (κ1) is 23.3. The highest BCUT2D eigenvalue weighted by Gasteiger charge is 2.21. The topological polar surface area (TPSA) is 88.6 Å². The molecule has 4 aromatic rings. The minimum absolute atomic E-state index is 0.165. The zero-order valence-electron chi connectivity index (χ0n) is 18.9. The molecule has 0 bridgehead atoms. The van der Waals surface area contributed by atoms with Crippen molar-refractivity contribution in [2.24, 2.45) is 0 Å². The number of anilines is 1. The average Bonchev–Trinajstić information content (AvgIpc) is 2.87. The van der Waals surface area contributed by atoms with E-state index in [2.05, 4.69) is 10.3 Å². The van der Waals surface area contributed by atoms with E-state index in [1.807, 2.05) is 49.4 Å². The number of hydrogen-bond donors (Lipinski definition) is 1. The predicted molar refractivity (Wildman–Crippen MR) is 132 cm³/mol. The Morgan fingerprint density at radius 3 is 2.38 bits per heavy atom. The third-order valence-electron chi connectivity index (χ3n) is 5.46. The van der Waals surface area contributed by atoms with E-state index >= 15 is 0 Å². The molecule has 0 aliphatic carbocycles. The van der Waals surface area contributed by atoms with Crippen molar-refractivity contribution < 1.29 is 17.9 Å². The largest absolute Gasteiger partial charge is 0.484 e. The second-order valence-corrected chi connectivity index (χ2v) is 9.78. The number of pyridine rings is 1. The van der Waals surface area contributed by atoms with Gasteiger partial charge in [0.2, 0.25) is 0 Å². The molecule has 3 aromatic carbocycles. The zero-order chi connectivity index (χ0) is 24.1. The normalized spacial score (nSPS) is 12.2. The number of rotatable bonds is 8. The van der Waals surface area contributed by atoms with Crippen LogP contribution in [0.5, 0.6) is 5.75 Å². The molecule has 0 spiro atoms. The Labute approximate surface area is 199 Å². The number of carbonyl (C=O) groups excluding carboxylic acids is 1. The molecule has 0 radical (unpaired) electrons. The fourth-order valence-electron chi connectivity index (χ4n) is 3.52. The van der Waals surface area contributed by atoms with Crippen molar-refractivity contribution in [3.05, 3.63) is 96.8 Å². The number of ether oxygens (including phenoxy) is 1. The van der Waals surface area contributed by atoms with Crippen molar-refractivity contribution in [2.75, 3.05) is 18.0 Å². The summed E-state index contributed by atoms with van der Waals surface area (Å²) in [5.74, 6) is 0.180. The number of amides is 1. The summed E-state index contributed by atoms with van der Waals surface area (Å²) in [7, 11) is -2.23. The summed E-state index contributed by atoms with van der Waals surface area (Å²) in [4.78, 5) is 16.6. The van der Waals surface area contributed by atoms with E-state index in [0.29, 0.717) is 11.4 Å². The molecule has 0 unspecified atom stereocenters. The Bertz CT molecular complexity index is 1390. The lowest BCUT2D eigenvalue weighted by Gasteiger charge is -2.20. The molecule has 1 aromatic heterocycles. The molecule has 0 aliphatic heterocycles. The van der Waals surface area contributed by atoms with Gasteiger partial charge in [0.15, 0.2) is 6.61 Å². The van der Waals surface area contributed by atoms with Crippen LogP contribution in [0, 0.1) is 0 Å². The van der Waals surface area contributed by atoms with Gasteiger partial charge in [0.25, 0.3) is 15.9 Å². The number of aromatic nitrogens is 1. The van der Waals surface area contributed by atoms with Gasteiger partial charge in [-0.15, -0.1) is 0 Å². The molecule has 1 N–H and O–H groups in total.